The van der Waals surface area contributed by atoms with Crippen LogP contribution in [0, 0.1) is 0 Å². The maximum atomic E-state index is 12.9. The third-order valence-corrected chi connectivity index (χ3v) is 4.32. The number of aromatic nitrogens is 1. The second kappa shape index (κ2) is 9.40. The Labute approximate surface area is 159 Å². The Balaban J connectivity index is 0.00000243. The Morgan fingerprint density at radius 1 is 1.27 bits per heavy atom. The molecular formula is C19H24ClN3O3. The van der Waals surface area contributed by atoms with Crippen molar-refractivity contribution in [1.29, 1.82) is 0 Å². The van der Waals surface area contributed by atoms with Crippen LogP contribution in [0.15, 0.2) is 48.8 Å². The molecule has 0 aliphatic carbocycles. The van der Waals surface area contributed by atoms with Crippen molar-refractivity contribution in [2.75, 3.05) is 26.7 Å². The molecule has 0 radical (unpaired) electrons. The van der Waals surface area contributed by atoms with Gasteiger partial charge in [0.15, 0.2) is 6.10 Å². The van der Waals surface area contributed by atoms with Crippen LogP contribution in [0.3, 0.4) is 0 Å². The summed E-state index contributed by atoms with van der Waals surface area (Å²) in [5, 5.41) is 3.34. The molecule has 1 fully saturated rings. The van der Waals surface area contributed by atoms with Gasteiger partial charge in [0.2, 0.25) is 0 Å². The lowest BCUT2D eigenvalue weighted by Gasteiger charge is -2.37. The fraction of sp³-hybridized carbons (Fsp3) is 0.368. The van der Waals surface area contributed by atoms with Gasteiger partial charge in [0.25, 0.3) is 5.91 Å². The Hall–Kier alpha value is -2.31. The Bertz CT molecular complexity index is 697. The number of hydrogen-bond acceptors (Lipinski definition) is 5. The van der Waals surface area contributed by atoms with Crippen molar-refractivity contribution < 1.29 is 14.3 Å². The van der Waals surface area contributed by atoms with E-state index >= 15 is 0 Å². The predicted octanol–water partition coefficient (Wildman–Crippen LogP) is 2.45. The molecule has 1 saturated heterocycles. The number of pyridine rings is 1. The number of nitrogens with one attached hydrogen (secondary N) is 1. The molecule has 2 unspecified atom stereocenters. The first-order valence-corrected chi connectivity index (χ1v) is 8.41. The molecule has 0 saturated carbocycles. The first-order valence-electron chi connectivity index (χ1n) is 8.41. The minimum absolute atomic E-state index is 0. The second-order valence-electron chi connectivity index (χ2n) is 5.97. The molecular weight excluding hydrogens is 354 g/mol. The SMILES string of the molecule is COc1ccc(OC(C)C(=O)N2CCNCC2c2cccnc2)cc1.Cl. The van der Waals surface area contributed by atoms with E-state index in [2.05, 4.69) is 10.3 Å². The van der Waals surface area contributed by atoms with Gasteiger partial charge in [-0.1, -0.05) is 6.07 Å². The van der Waals surface area contributed by atoms with Gasteiger partial charge >= 0.3 is 0 Å². The Morgan fingerprint density at radius 2 is 2.00 bits per heavy atom. The van der Waals surface area contributed by atoms with E-state index < -0.39 is 6.10 Å². The molecule has 140 valence electrons. The molecule has 0 spiro atoms. The number of hydrogen-bond donors (Lipinski definition) is 1. The third-order valence-electron chi connectivity index (χ3n) is 4.32. The van der Waals surface area contributed by atoms with Crippen LogP contribution in [0.25, 0.3) is 0 Å². The lowest BCUT2D eigenvalue weighted by Crippen LogP contribution is -2.52. The number of carbonyl (C=O) groups is 1. The van der Waals surface area contributed by atoms with Crippen molar-refractivity contribution in [3.8, 4) is 11.5 Å². The molecule has 2 heterocycles. The quantitative estimate of drug-likeness (QED) is 0.867. The fourth-order valence-corrected chi connectivity index (χ4v) is 2.98. The normalized spacial score (nSPS) is 17.8. The van der Waals surface area contributed by atoms with Gasteiger partial charge in [0.1, 0.15) is 11.5 Å². The minimum Gasteiger partial charge on any atom is -0.497 e. The summed E-state index contributed by atoms with van der Waals surface area (Å²) in [4.78, 5) is 19.0. The summed E-state index contributed by atoms with van der Waals surface area (Å²) in [7, 11) is 1.62. The van der Waals surface area contributed by atoms with Crippen molar-refractivity contribution in [3.63, 3.8) is 0 Å². The zero-order valence-electron chi connectivity index (χ0n) is 14.9. The van der Waals surface area contributed by atoms with Gasteiger partial charge in [-0.3, -0.25) is 9.78 Å². The number of amides is 1. The number of carbonyl (C=O) groups excluding carboxylic acids is 1. The maximum Gasteiger partial charge on any atom is 0.263 e. The molecule has 3 rings (SSSR count). The molecule has 1 aromatic carbocycles. The van der Waals surface area contributed by atoms with E-state index in [1.165, 1.54) is 0 Å². The molecule has 7 heteroatoms. The van der Waals surface area contributed by atoms with E-state index in [0.717, 1.165) is 17.9 Å². The molecule has 1 aliphatic rings. The highest BCUT2D eigenvalue weighted by molar-refractivity contribution is 5.85. The lowest BCUT2D eigenvalue weighted by molar-refractivity contribution is -0.141. The first kappa shape index (κ1) is 20.0. The van der Waals surface area contributed by atoms with Crippen LogP contribution in [0.2, 0.25) is 0 Å². The molecule has 2 atom stereocenters. The molecule has 0 bridgehead atoms. The molecule has 1 N–H and O–H groups in total. The van der Waals surface area contributed by atoms with Gasteiger partial charge in [-0.15, -0.1) is 12.4 Å². The number of rotatable bonds is 5. The number of benzene rings is 1. The van der Waals surface area contributed by atoms with Crippen molar-refractivity contribution in [1.82, 2.24) is 15.2 Å². The summed E-state index contributed by atoms with van der Waals surface area (Å²) in [5.74, 6) is 1.38. The van der Waals surface area contributed by atoms with E-state index in [9.17, 15) is 4.79 Å². The van der Waals surface area contributed by atoms with E-state index in [4.69, 9.17) is 9.47 Å². The highest BCUT2D eigenvalue weighted by atomic mass is 35.5. The number of piperazine rings is 1. The number of halogens is 1. The zero-order valence-corrected chi connectivity index (χ0v) is 15.7. The van der Waals surface area contributed by atoms with Gasteiger partial charge in [0.05, 0.1) is 13.2 Å². The zero-order chi connectivity index (χ0) is 17.6. The fourth-order valence-electron chi connectivity index (χ4n) is 2.98. The van der Waals surface area contributed by atoms with E-state index in [1.54, 1.807) is 32.4 Å². The van der Waals surface area contributed by atoms with Gasteiger partial charge in [-0.25, -0.2) is 0 Å². The van der Waals surface area contributed by atoms with E-state index in [1.807, 2.05) is 35.4 Å². The van der Waals surface area contributed by atoms with Crippen LogP contribution in [-0.2, 0) is 4.79 Å². The van der Waals surface area contributed by atoms with Crippen LogP contribution in [-0.4, -0.2) is 48.6 Å². The largest absolute Gasteiger partial charge is 0.497 e. The summed E-state index contributed by atoms with van der Waals surface area (Å²) >= 11 is 0. The smallest absolute Gasteiger partial charge is 0.263 e. The van der Waals surface area contributed by atoms with E-state index in [0.29, 0.717) is 18.8 Å². The van der Waals surface area contributed by atoms with Crippen molar-refractivity contribution >= 4 is 18.3 Å². The highest BCUT2D eigenvalue weighted by Crippen LogP contribution is 2.24. The third kappa shape index (κ3) is 4.65. The van der Waals surface area contributed by atoms with Crippen molar-refractivity contribution in [2.45, 2.75) is 19.1 Å². The van der Waals surface area contributed by atoms with Crippen LogP contribution >= 0.6 is 12.4 Å². The molecule has 6 nitrogen and oxygen atoms in total. The number of methoxy groups -OCH3 is 1. The van der Waals surface area contributed by atoms with Crippen LogP contribution < -0.4 is 14.8 Å². The summed E-state index contributed by atoms with van der Waals surface area (Å²) in [6.07, 6.45) is 2.99. The molecule has 1 aromatic heterocycles. The maximum absolute atomic E-state index is 12.9. The van der Waals surface area contributed by atoms with Gasteiger partial charge in [0, 0.05) is 32.0 Å². The number of nitrogens with zero attached hydrogens (tertiary/aromatic N) is 2. The van der Waals surface area contributed by atoms with Crippen LogP contribution in [0.1, 0.15) is 18.5 Å². The lowest BCUT2D eigenvalue weighted by atomic mass is 10.0. The Morgan fingerprint density at radius 3 is 2.65 bits per heavy atom. The standard InChI is InChI=1S/C19H23N3O3.ClH/c1-14(25-17-7-5-16(24-2)6-8-17)19(23)22-11-10-21-13-18(22)15-4-3-9-20-12-15;/h3-9,12,14,18,21H,10-11,13H2,1-2H3;1H. The van der Waals surface area contributed by atoms with Crippen molar-refractivity contribution in [3.05, 3.63) is 54.4 Å². The van der Waals surface area contributed by atoms with Gasteiger partial charge in [-0.05, 0) is 42.8 Å². The first-order chi connectivity index (χ1) is 12.2. The van der Waals surface area contributed by atoms with Crippen LogP contribution in [0.5, 0.6) is 11.5 Å². The van der Waals surface area contributed by atoms with E-state index in [-0.39, 0.29) is 24.4 Å². The monoisotopic (exact) mass is 377 g/mol. The molecule has 2 aromatic rings. The molecule has 26 heavy (non-hydrogen) atoms. The second-order valence-corrected chi connectivity index (χ2v) is 5.97. The predicted molar refractivity (Wildman–Crippen MR) is 102 cm³/mol. The number of ether oxygens (including phenoxy) is 2. The average molecular weight is 378 g/mol. The highest BCUT2D eigenvalue weighted by Gasteiger charge is 2.31. The summed E-state index contributed by atoms with van der Waals surface area (Å²) in [5.41, 5.74) is 1.03. The molecule has 1 amide bonds. The molecule has 1 aliphatic heterocycles. The average Bonchev–Trinajstić information content (AvgIpc) is 2.68. The van der Waals surface area contributed by atoms with Gasteiger partial charge in [-0.2, -0.15) is 0 Å². The Kier molecular flexibility index (Phi) is 7.24. The summed E-state index contributed by atoms with van der Waals surface area (Å²) in [6.45, 7) is 3.92. The topological polar surface area (TPSA) is 63.7 Å². The van der Waals surface area contributed by atoms with Crippen molar-refractivity contribution in [2.24, 2.45) is 0 Å². The van der Waals surface area contributed by atoms with Gasteiger partial charge < -0.3 is 19.7 Å². The summed E-state index contributed by atoms with van der Waals surface area (Å²) in [6, 6.07) is 11.1. The summed E-state index contributed by atoms with van der Waals surface area (Å²) < 4.78 is 11.0. The van der Waals surface area contributed by atoms with Crippen LogP contribution in [0.4, 0.5) is 0 Å². The minimum atomic E-state index is -0.564.